The van der Waals surface area contributed by atoms with Crippen LogP contribution < -0.4 is 15.4 Å². The Labute approximate surface area is 195 Å². The van der Waals surface area contributed by atoms with Crippen LogP contribution in [0.1, 0.15) is 23.6 Å². The molecule has 9 heteroatoms. The van der Waals surface area contributed by atoms with Gasteiger partial charge in [0.2, 0.25) is 0 Å². The van der Waals surface area contributed by atoms with Crippen LogP contribution in [0.3, 0.4) is 0 Å². The molecular weight excluding hydrogens is 520 g/mol. The van der Waals surface area contributed by atoms with Crippen LogP contribution in [0.25, 0.3) is 0 Å². The van der Waals surface area contributed by atoms with E-state index in [4.69, 9.17) is 4.74 Å². The van der Waals surface area contributed by atoms with Crippen molar-refractivity contribution in [1.82, 2.24) is 10.6 Å². The summed E-state index contributed by atoms with van der Waals surface area (Å²) >= 11 is 0. The standard InChI is InChI=1S/C21H28FN3O3S.HI/c1-15-5-9-20(10-6-15)28-16(2)12-24-21(23-3)25-13-18-11-19(22)8-7-17(18)14-29(4,26)27;/h5-11,16H,12-14H2,1-4H3,(H2,23,24,25);1H. The van der Waals surface area contributed by atoms with Crippen LogP contribution in [-0.2, 0) is 22.1 Å². The first-order valence-corrected chi connectivity index (χ1v) is 11.3. The molecule has 0 saturated heterocycles. The van der Waals surface area contributed by atoms with Gasteiger partial charge in [-0.2, -0.15) is 0 Å². The molecule has 0 spiro atoms. The van der Waals surface area contributed by atoms with E-state index < -0.39 is 15.7 Å². The minimum atomic E-state index is -3.22. The van der Waals surface area contributed by atoms with Crippen molar-refractivity contribution in [3.05, 3.63) is 65.0 Å². The van der Waals surface area contributed by atoms with Crippen LogP contribution in [0.5, 0.6) is 5.75 Å². The maximum Gasteiger partial charge on any atom is 0.191 e. The van der Waals surface area contributed by atoms with Gasteiger partial charge in [-0.15, -0.1) is 24.0 Å². The number of ether oxygens (including phenoxy) is 1. The van der Waals surface area contributed by atoms with E-state index in [9.17, 15) is 12.8 Å². The summed E-state index contributed by atoms with van der Waals surface area (Å²) in [6.45, 7) is 4.71. The predicted octanol–water partition coefficient (Wildman–Crippen LogP) is 3.43. The number of halogens is 2. The summed E-state index contributed by atoms with van der Waals surface area (Å²) in [5, 5.41) is 6.24. The van der Waals surface area contributed by atoms with Crippen molar-refractivity contribution in [2.45, 2.75) is 32.2 Å². The van der Waals surface area contributed by atoms with E-state index in [0.717, 1.165) is 12.0 Å². The monoisotopic (exact) mass is 549 g/mol. The molecule has 1 atom stereocenters. The molecule has 0 bridgehead atoms. The van der Waals surface area contributed by atoms with Crippen molar-refractivity contribution in [2.75, 3.05) is 19.8 Å². The Morgan fingerprint density at radius 1 is 1.13 bits per heavy atom. The Morgan fingerprint density at radius 3 is 2.40 bits per heavy atom. The second kappa shape index (κ2) is 12.1. The molecule has 0 heterocycles. The number of benzene rings is 2. The lowest BCUT2D eigenvalue weighted by molar-refractivity contribution is 0.224. The fraction of sp³-hybridized carbons (Fsp3) is 0.381. The smallest absolute Gasteiger partial charge is 0.191 e. The third-order valence-corrected chi connectivity index (χ3v) is 5.01. The lowest BCUT2D eigenvalue weighted by Crippen LogP contribution is -2.41. The first kappa shape index (κ1) is 26.2. The van der Waals surface area contributed by atoms with Gasteiger partial charge in [-0.05, 0) is 49.2 Å². The lowest BCUT2D eigenvalue weighted by atomic mass is 10.1. The third kappa shape index (κ3) is 9.29. The molecule has 0 amide bonds. The van der Waals surface area contributed by atoms with E-state index in [1.54, 1.807) is 7.05 Å². The topological polar surface area (TPSA) is 79.8 Å². The summed E-state index contributed by atoms with van der Waals surface area (Å²) in [6.07, 6.45) is 1.05. The minimum absolute atomic E-state index is 0. The van der Waals surface area contributed by atoms with Crippen molar-refractivity contribution in [1.29, 1.82) is 0 Å². The van der Waals surface area contributed by atoms with Gasteiger partial charge in [-0.25, -0.2) is 12.8 Å². The molecule has 0 aliphatic rings. The number of aliphatic imine (C=N–C) groups is 1. The summed E-state index contributed by atoms with van der Waals surface area (Å²) in [5.74, 6) is 0.747. The largest absolute Gasteiger partial charge is 0.489 e. The van der Waals surface area contributed by atoms with E-state index in [2.05, 4.69) is 15.6 Å². The van der Waals surface area contributed by atoms with Crippen LogP contribution in [-0.4, -0.2) is 40.3 Å². The summed E-state index contributed by atoms with van der Waals surface area (Å²) < 4.78 is 42.7. The summed E-state index contributed by atoms with van der Waals surface area (Å²) in [6, 6.07) is 11.9. The highest BCUT2D eigenvalue weighted by Gasteiger charge is 2.12. The molecule has 0 fully saturated rings. The van der Waals surface area contributed by atoms with Crippen LogP contribution in [0.4, 0.5) is 4.39 Å². The van der Waals surface area contributed by atoms with Gasteiger partial charge in [0.05, 0.1) is 12.3 Å². The molecule has 2 aromatic carbocycles. The Kier molecular flexibility index (Phi) is 10.5. The fourth-order valence-corrected chi connectivity index (χ4v) is 3.56. The maximum absolute atomic E-state index is 13.6. The van der Waals surface area contributed by atoms with Crippen molar-refractivity contribution in [2.24, 2.45) is 4.99 Å². The number of guanidine groups is 1. The zero-order valence-electron chi connectivity index (χ0n) is 17.6. The highest BCUT2D eigenvalue weighted by atomic mass is 127. The number of sulfone groups is 1. The van der Waals surface area contributed by atoms with Gasteiger partial charge in [-0.1, -0.05) is 23.8 Å². The molecule has 2 aromatic rings. The molecule has 1 unspecified atom stereocenters. The van der Waals surface area contributed by atoms with Gasteiger partial charge in [0, 0.05) is 19.8 Å². The van der Waals surface area contributed by atoms with E-state index in [0.29, 0.717) is 23.6 Å². The van der Waals surface area contributed by atoms with Crippen molar-refractivity contribution in [3.63, 3.8) is 0 Å². The first-order chi connectivity index (χ1) is 13.7. The molecule has 0 radical (unpaired) electrons. The Balaban J connectivity index is 0.00000450. The fourth-order valence-electron chi connectivity index (χ4n) is 2.71. The molecule has 2 N–H and O–H groups in total. The summed E-state index contributed by atoms with van der Waals surface area (Å²) in [4.78, 5) is 4.15. The first-order valence-electron chi connectivity index (χ1n) is 9.29. The van der Waals surface area contributed by atoms with E-state index >= 15 is 0 Å². The zero-order valence-corrected chi connectivity index (χ0v) is 20.8. The number of aryl methyl sites for hydroxylation is 1. The van der Waals surface area contributed by atoms with Crippen LogP contribution >= 0.6 is 24.0 Å². The normalized spacial score (nSPS) is 12.6. The molecule has 166 valence electrons. The van der Waals surface area contributed by atoms with E-state index in [1.807, 2.05) is 38.1 Å². The number of nitrogens with zero attached hydrogens (tertiary/aromatic N) is 1. The SMILES string of the molecule is CN=C(NCc1cc(F)ccc1CS(C)(=O)=O)NCC(C)Oc1ccc(C)cc1.I. The molecule has 0 aliphatic heterocycles. The third-order valence-electron chi connectivity index (χ3n) is 4.17. The summed E-state index contributed by atoms with van der Waals surface area (Å²) in [7, 11) is -1.59. The Bertz CT molecular complexity index is 950. The number of rotatable bonds is 8. The van der Waals surface area contributed by atoms with E-state index in [-0.39, 0.29) is 42.4 Å². The van der Waals surface area contributed by atoms with Crippen molar-refractivity contribution < 1.29 is 17.5 Å². The van der Waals surface area contributed by atoms with Gasteiger partial charge in [0.15, 0.2) is 15.8 Å². The van der Waals surface area contributed by atoms with Crippen LogP contribution in [0.2, 0.25) is 0 Å². The molecular formula is C21H29FIN3O3S. The Morgan fingerprint density at radius 2 is 1.80 bits per heavy atom. The van der Waals surface area contributed by atoms with Crippen molar-refractivity contribution >= 4 is 39.8 Å². The second-order valence-electron chi connectivity index (χ2n) is 7.03. The van der Waals surface area contributed by atoms with Gasteiger partial charge in [0.1, 0.15) is 17.7 Å². The maximum atomic E-state index is 13.6. The average molecular weight is 549 g/mol. The van der Waals surface area contributed by atoms with Gasteiger partial charge >= 0.3 is 0 Å². The molecule has 0 aliphatic carbocycles. The van der Waals surface area contributed by atoms with Gasteiger partial charge in [-0.3, -0.25) is 4.99 Å². The molecule has 2 rings (SSSR count). The number of hydrogen-bond donors (Lipinski definition) is 2. The minimum Gasteiger partial charge on any atom is -0.489 e. The highest BCUT2D eigenvalue weighted by molar-refractivity contribution is 14.0. The molecule has 0 aromatic heterocycles. The average Bonchev–Trinajstić information content (AvgIpc) is 2.64. The summed E-state index contributed by atoms with van der Waals surface area (Å²) in [5.41, 5.74) is 2.30. The molecule has 30 heavy (non-hydrogen) atoms. The highest BCUT2D eigenvalue weighted by Crippen LogP contribution is 2.15. The van der Waals surface area contributed by atoms with Gasteiger partial charge < -0.3 is 15.4 Å². The van der Waals surface area contributed by atoms with E-state index in [1.165, 1.54) is 23.8 Å². The lowest BCUT2D eigenvalue weighted by Gasteiger charge is -2.18. The zero-order chi connectivity index (χ0) is 21.4. The van der Waals surface area contributed by atoms with Crippen molar-refractivity contribution in [3.8, 4) is 5.75 Å². The molecule has 6 nitrogen and oxygen atoms in total. The van der Waals surface area contributed by atoms with Crippen LogP contribution in [0, 0.1) is 12.7 Å². The Hall–Kier alpha value is -1.88. The predicted molar refractivity (Wildman–Crippen MR) is 130 cm³/mol. The quantitative estimate of drug-likeness (QED) is 0.300. The number of hydrogen-bond acceptors (Lipinski definition) is 4. The molecule has 0 saturated carbocycles. The van der Waals surface area contributed by atoms with Crippen LogP contribution in [0.15, 0.2) is 47.5 Å². The van der Waals surface area contributed by atoms with Gasteiger partial charge in [0.25, 0.3) is 0 Å². The number of nitrogens with one attached hydrogen (secondary N) is 2. The second-order valence-corrected chi connectivity index (χ2v) is 9.17.